The Morgan fingerprint density at radius 1 is 1.19 bits per heavy atom. The zero-order valence-electron chi connectivity index (χ0n) is 15.8. The number of para-hydroxylation sites is 1. The number of hydrogen-bond donors (Lipinski definition) is 2. The van der Waals surface area contributed by atoms with Crippen molar-refractivity contribution in [1.29, 1.82) is 0 Å². The Morgan fingerprint density at radius 3 is 2.81 bits per heavy atom. The first-order chi connectivity index (χ1) is 13.0. The summed E-state index contributed by atoms with van der Waals surface area (Å²) in [5, 5.41) is 8.64. The van der Waals surface area contributed by atoms with E-state index in [0.717, 1.165) is 44.9 Å². The molecule has 0 saturated heterocycles. The van der Waals surface area contributed by atoms with Gasteiger partial charge in [0, 0.05) is 35.1 Å². The molecule has 27 heavy (non-hydrogen) atoms. The molecular formula is C21H23N5O. The van der Waals surface area contributed by atoms with Gasteiger partial charge in [-0.25, -0.2) is 9.50 Å². The third-order valence-corrected chi connectivity index (χ3v) is 4.95. The Bertz CT molecular complexity index is 1110. The van der Waals surface area contributed by atoms with Crippen LogP contribution in [0.4, 0.5) is 0 Å². The Kier molecular flexibility index (Phi) is 4.39. The molecule has 3 aromatic heterocycles. The fraction of sp³-hybridized carbons (Fsp3) is 0.286. The van der Waals surface area contributed by atoms with Crippen molar-refractivity contribution in [3.05, 3.63) is 64.7 Å². The van der Waals surface area contributed by atoms with Gasteiger partial charge in [-0.2, -0.15) is 5.10 Å². The molecule has 138 valence electrons. The number of nitrogens with zero attached hydrogens (tertiary/aromatic N) is 3. The number of carbonyl (C=O) groups is 1. The second-order valence-corrected chi connectivity index (χ2v) is 6.98. The minimum Gasteiger partial charge on any atom is -0.357 e. The van der Waals surface area contributed by atoms with Gasteiger partial charge in [0.05, 0.1) is 12.2 Å². The number of nitrogens with one attached hydrogen (secondary N) is 2. The van der Waals surface area contributed by atoms with Crippen LogP contribution in [0.15, 0.2) is 36.4 Å². The highest BCUT2D eigenvalue weighted by atomic mass is 16.1. The molecule has 0 bridgehead atoms. The molecule has 0 saturated carbocycles. The first kappa shape index (κ1) is 17.3. The Hall–Kier alpha value is -3.15. The molecule has 1 amide bonds. The smallest absolute Gasteiger partial charge is 0.220 e. The lowest BCUT2D eigenvalue weighted by Gasteiger charge is -2.11. The number of aryl methyl sites for hydroxylation is 3. The molecule has 4 rings (SSSR count). The number of benzene rings is 1. The number of amides is 1. The van der Waals surface area contributed by atoms with E-state index in [9.17, 15) is 4.79 Å². The van der Waals surface area contributed by atoms with Crippen molar-refractivity contribution >= 4 is 22.5 Å². The normalized spacial score (nSPS) is 11.4. The number of H-pyrrole nitrogens is 1. The molecule has 0 aliphatic carbocycles. The second-order valence-electron chi connectivity index (χ2n) is 6.98. The quantitative estimate of drug-likeness (QED) is 0.572. The van der Waals surface area contributed by atoms with Gasteiger partial charge in [-0.3, -0.25) is 4.79 Å². The highest BCUT2D eigenvalue weighted by molar-refractivity contribution is 5.80. The summed E-state index contributed by atoms with van der Waals surface area (Å²) in [6.07, 6.45) is 1.08. The van der Waals surface area contributed by atoms with Crippen LogP contribution in [-0.4, -0.2) is 25.5 Å². The maximum absolute atomic E-state index is 12.3. The maximum atomic E-state index is 12.3. The first-order valence-corrected chi connectivity index (χ1v) is 9.17. The van der Waals surface area contributed by atoms with Crippen LogP contribution in [0.25, 0.3) is 16.6 Å². The first-order valence-electron chi connectivity index (χ1n) is 9.17. The molecule has 3 heterocycles. The summed E-state index contributed by atoms with van der Waals surface area (Å²) >= 11 is 0. The molecule has 0 spiro atoms. The van der Waals surface area contributed by atoms with Crippen LogP contribution >= 0.6 is 0 Å². The van der Waals surface area contributed by atoms with E-state index in [1.54, 1.807) is 0 Å². The number of carbonyl (C=O) groups excluding carboxylic acids is 1. The molecule has 0 unspecified atom stereocenters. The lowest BCUT2D eigenvalue weighted by molar-refractivity contribution is -0.121. The summed E-state index contributed by atoms with van der Waals surface area (Å²) < 4.78 is 1.86. The van der Waals surface area contributed by atoms with E-state index in [1.165, 1.54) is 0 Å². The topological polar surface area (TPSA) is 75.1 Å². The molecule has 0 fully saturated rings. The molecule has 6 nitrogen and oxygen atoms in total. The molecule has 0 aliphatic heterocycles. The average Bonchev–Trinajstić information content (AvgIpc) is 3.22. The maximum Gasteiger partial charge on any atom is 0.220 e. The molecule has 1 aromatic carbocycles. The van der Waals surface area contributed by atoms with Crippen molar-refractivity contribution in [2.45, 2.75) is 40.2 Å². The summed E-state index contributed by atoms with van der Waals surface area (Å²) in [6, 6.07) is 12.1. The van der Waals surface area contributed by atoms with Crippen LogP contribution in [0.2, 0.25) is 0 Å². The summed E-state index contributed by atoms with van der Waals surface area (Å²) in [4.78, 5) is 20.3. The van der Waals surface area contributed by atoms with Crippen molar-refractivity contribution in [3.8, 4) is 0 Å². The molecule has 6 heteroatoms. The monoisotopic (exact) mass is 361 g/mol. The van der Waals surface area contributed by atoms with E-state index >= 15 is 0 Å². The summed E-state index contributed by atoms with van der Waals surface area (Å²) in [5.41, 5.74) is 6.99. The zero-order valence-corrected chi connectivity index (χ0v) is 15.8. The molecule has 0 aliphatic rings. The molecular weight excluding hydrogens is 338 g/mol. The van der Waals surface area contributed by atoms with E-state index in [0.29, 0.717) is 19.4 Å². The Balaban J connectivity index is 1.41. The van der Waals surface area contributed by atoms with Crippen molar-refractivity contribution < 1.29 is 4.79 Å². The van der Waals surface area contributed by atoms with Gasteiger partial charge in [0.15, 0.2) is 5.65 Å². The van der Waals surface area contributed by atoms with Gasteiger partial charge in [0.2, 0.25) is 5.91 Å². The van der Waals surface area contributed by atoms with E-state index in [2.05, 4.69) is 32.5 Å². The van der Waals surface area contributed by atoms with E-state index in [4.69, 9.17) is 0 Å². The van der Waals surface area contributed by atoms with Gasteiger partial charge in [-0.05, 0) is 50.3 Å². The van der Waals surface area contributed by atoms with E-state index in [1.807, 2.05) is 49.6 Å². The number of aromatic nitrogens is 4. The predicted octanol–water partition coefficient (Wildman–Crippen LogP) is 3.38. The van der Waals surface area contributed by atoms with E-state index < -0.39 is 0 Å². The average molecular weight is 361 g/mol. The van der Waals surface area contributed by atoms with Gasteiger partial charge in [0.25, 0.3) is 0 Å². The Labute approximate surface area is 157 Å². The minimum absolute atomic E-state index is 0.0317. The molecule has 2 N–H and O–H groups in total. The van der Waals surface area contributed by atoms with Crippen LogP contribution in [0.3, 0.4) is 0 Å². The number of fused-ring (bicyclic) bond motifs is 2. The summed E-state index contributed by atoms with van der Waals surface area (Å²) in [5.74, 6) is 0.0317. The molecule has 4 aromatic rings. The number of rotatable bonds is 5. The van der Waals surface area contributed by atoms with Gasteiger partial charge in [-0.15, -0.1) is 0 Å². The van der Waals surface area contributed by atoms with Gasteiger partial charge in [-0.1, -0.05) is 18.2 Å². The minimum atomic E-state index is 0.0317. The lowest BCUT2D eigenvalue weighted by Crippen LogP contribution is -2.23. The van der Waals surface area contributed by atoms with Crippen LogP contribution in [0, 0.1) is 20.8 Å². The molecule has 0 radical (unpaired) electrons. The summed E-state index contributed by atoms with van der Waals surface area (Å²) in [6.45, 7) is 6.49. The van der Waals surface area contributed by atoms with Gasteiger partial charge < -0.3 is 10.3 Å². The third kappa shape index (κ3) is 3.43. The fourth-order valence-corrected chi connectivity index (χ4v) is 3.55. The van der Waals surface area contributed by atoms with Crippen molar-refractivity contribution in [2.24, 2.45) is 0 Å². The lowest BCUT2D eigenvalue weighted by atomic mass is 10.1. The third-order valence-electron chi connectivity index (χ3n) is 4.95. The highest BCUT2D eigenvalue weighted by Gasteiger charge is 2.13. The SMILES string of the molecule is Cc1cc2nc(C)c(CCC(=O)NCc3cc4ccccc4[nH]3)c(C)n2n1. The largest absolute Gasteiger partial charge is 0.357 e. The zero-order chi connectivity index (χ0) is 19.0. The van der Waals surface area contributed by atoms with Crippen LogP contribution in [-0.2, 0) is 17.8 Å². The van der Waals surface area contributed by atoms with Crippen LogP contribution < -0.4 is 5.32 Å². The van der Waals surface area contributed by atoms with Crippen molar-refractivity contribution in [3.63, 3.8) is 0 Å². The van der Waals surface area contributed by atoms with Crippen LogP contribution in [0.1, 0.15) is 34.8 Å². The standard InChI is InChI=1S/C21H23N5O/c1-13-10-20-23-14(2)18(15(3)26(20)25-13)8-9-21(27)22-12-17-11-16-6-4-5-7-19(16)24-17/h4-7,10-11,24H,8-9,12H2,1-3H3,(H,22,27). The predicted molar refractivity (Wildman–Crippen MR) is 106 cm³/mol. The van der Waals surface area contributed by atoms with Crippen molar-refractivity contribution in [2.75, 3.05) is 0 Å². The van der Waals surface area contributed by atoms with Crippen molar-refractivity contribution in [1.82, 2.24) is 24.9 Å². The summed E-state index contributed by atoms with van der Waals surface area (Å²) in [7, 11) is 0. The molecule has 0 atom stereocenters. The highest BCUT2D eigenvalue weighted by Crippen LogP contribution is 2.17. The number of hydrogen-bond acceptors (Lipinski definition) is 3. The second kappa shape index (κ2) is 6.87. The van der Waals surface area contributed by atoms with E-state index in [-0.39, 0.29) is 5.91 Å². The van der Waals surface area contributed by atoms with Crippen LogP contribution in [0.5, 0.6) is 0 Å². The fourth-order valence-electron chi connectivity index (χ4n) is 3.55. The number of aromatic amines is 1. The van der Waals surface area contributed by atoms with Gasteiger partial charge >= 0.3 is 0 Å². The Morgan fingerprint density at radius 2 is 2.00 bits per heavy atom. The van der Waals surface area contributed by atoms with Gasteiger partial charge in [0.1, 0.15) is 0 Å².